The maximum Gasteiger partial charge on any atom is 0.417 e. The van der Waals surface area contributed by atoms with Gasteiger partial charge in [0.2, 0.25) is 5.91 Å². The second kappa shape index (κ2) is 5.49. The molecule has 1 rings (SSSR count). The molecule has 98 valence electrons. The normalized spacial score (nSPS) is 20.1. The number of rotatable bonds is 2. The number of carbonyl (C=O) groups excluding carboxylic acids is 2. The number of hydrogen-bond donors (Lipinski definition) is 1. The second-order valence-corrected chi connectivity index (χ2v) is 5.40. The van der Waals surface area contributed by atoms with Crippen molar-refractivity contribution in [3.63, 3.8) is 0 Å². The molecule has 0 aromatic rings. The van der Waals surface area contributed by atoms with E-state index in [2.05, 4.69) is 5.32 Å². The second-order valence-electron chi connectivity index (χ2n) is 5.40. The lowest BCUT2D eigenvalue weighted by molar-refractivity contribution is -0.128. The zero-order valence-corrected chi connectivity index (χ0v) is 11.1. The van der Waals surface area contributed by atoms with Gasteiger partial charge in [-0.3, -0.25) is 4.79 Å². The minimum Gasteiger partial charge on any atom is -0.443 e. The molecule has 0 spiro atoms. The van der Waals surface area contributed by atoms with Gasteiger partial charge in [0.1, 0.15) is 5.60 Å². The van der Waals surface area contributed by atoms with Gasteiger partial charge in [0.15, 0.2) is 0 Å². The zero-order chi connectivity index (χ0) is 13.1. The zero-order valence-electron chi connectivity index (χ0n) is 11.1. The Bertz CT molecular complexity index is 291. The van der Waals surface area contributed by atoms with Crippen LogP contribution in [0.5, 0.6) is 0 Å². The number of nitrogens with zero attached hydrogens (tertiary/aromatic N) is 1. The number of hydrogen-bond acceptors (Lipinski definition) is 4. The van der Waals surface area contributed by atoms with Crippen LogP contribution < -0.4 is 5.32 Å². The first-order valence-electron chi connectivity index (χ1n) is 6.04. The van der Waals surface area contributed by atoms with E-state index in [-0.39, 0.29) is 11.9 Å². The first kappa shape index (κ1) is 14.0. The standard InChI is InChI=1S/C12H22N2O3/c1-9(15)14(8-10-6-5-7-13-10)11(16)17-12(2,3)4/h10,13H,5-8H2,1-4H3/t10-/m0/s1. The van der Waals surface area contributed by atoms with Crippen molar-refractivity contribution in [1.29, 1.82) is 0 Å². The monoisotopic (exact) mass is 242 g/mol. The summed E-state index contributed by atoms with van der Waals surface area (Å²) in [6.45, 7) is 8.10. The van der Waals surface area contributed by atoms with Gasteiger partial charge in [-0.15, -0.1) is 0 Å². The third-order valence-corrected chi connectivity index (χ3v) is 2.56. The van der Waals surface area contributed by atoms with Gasteiger partial charge in [0, 0.05) is 19.5 Å². The summed E-state index contributed by atoms with van der Waals surface area (Å²) in [5.74, 6) is -0.270. The lowest BCUT2D eigenvalue weighted by Gasteiger charge is -2.27. The number of ether oxygens (including phenoxy) is 1. The summed E-state index contributed by atoms with van der Waals surface area (Å²) in [6.07, 6.45) is 1.52. The molecule has 1 aliphatic heterocycles. The molecule has 17 heavy (non-hydrogen) atoms. The van der Waals surface area contributed by atoms with Crippen molar-refractivity contribution < 1.29 is 14.3 Å². The fourth-order valence-corrected chi connectivity index (χ4v) is 1.78. The molecular weight excluding hydrogens is 220 g/mol. The van der Waals surface area contributed by atoms with Crippen LogP contribution in [0.4, 0.5) is 4.79 Å². The first-order valence-corrected chi connectivity index (χ1v) is 6.04. The van der Waals surface area contributed by atoms with Crippen molar-refractivity contribution in [2.45, 2.75) is 52.2 Å². The average molecular weight is 242 g/mol. The average Bonchev–Trinajstić information content (AvgIpc) is 2.62. The van der Waals surface area contributed by atoms with Crippen LogP contribution >= 0.6 is 0 Å². The van der Waals surface area contributed by atoms with Crippen LogP contribution in [0.3, 0.4) is 0 Å². The summed E-state index contributed by atoms with van der Waals surface area (Å²) < 4.78 is 5.21. The highest BCUT2D eigenvalue weighted by atomic mass is 16.6. The molecule has 0 aliphatic carbocycles. The highest BCUT2D eigenvalue weighted by Gasteiger charge is 2.28. The summed E-state index contributed by atoms with van der Waals surface area (Å²) in [7, 11) is 0. The SMILES string of the molecule is CC(=O)N(C[C@@H]1CCCN1)C(=O)OC(C)(C)C. The van der Waals surface area contributed by atoms with Gasteiger partial charge >= 0.3 is 6.09 Å². The van der Waals surface area contributed by atoms with Crippen LogP contribution in [-0.4, -0.2) is 41.6 Å². The predicted octanol–water partition coefficient (Wildman–Crippen LogP) is 1.52. The van der Waals surface area contributed by atoms with E-state index in [0.717, 1.165) is 19.4 Å². The Hall–Kier alpha value is -1.10. The van der Waals surface area contributed by atoms with E-state index < -0.39 is 11.7 Å². The highest BCUT2D eigenvalue weighted by molar-refractivity contribution is 5.90. The van der Waals surface area contributed by atoms with E-state index in [4.69, 9.17) is 4.74 Å². The van der Waals surface area contributed by atoms with E-state index in [0.29, 0.717) is 6.54 Å². The molecular formula is C12H22N2O3. The molecule has 0 bridgehead atoms. The minimum absolute atomic E-state index is 0.200. The van der Waals surface area contributed by atoms with E-state index in [1.54, 1.807) is 20.8 Å². The van der Waals surface area contributed by atoms with Gasteiger partial charge in [0.25, 0.3) is 0 Å². The van der Waals surface area contributed by atoms with E-state index in [9.17, 15) is 9.59 Å². The molecule has 0 radical (unpaired) electrons. The lowest BCUT2D eigenvalue weighted by atomic mass is 10.2. The van der Waals surface area contributed by atoms with Gasteiger partial charge in [0.05, 0.1) is 0 Å². The molecule has 0 saturated carbocycles. The topological polar surface area (TPSA) is 58.6 Å². The Morgan fingerprint density at radius 3 is 2.47 bits per heavy atom. The third-order valence-electron chi connectivity index (χ3n) is 2.56. The molecule has 2 amide bonds. The summed E-state index contributed by atoms with van der Waals surface area (Å²) >= 11 is 0. The van der Waals surface area contributed by atoms with Gasteiger partial charge in [-0.05, 0) is 40.2 Å². The maximum absolute atomic E-state index is 11.8. The Labute approximate surface area is 102 Å². The molecule has 5 nitrogen and oxygen atoms in total. The lowest BCUT2D eigenvalue weighted by Crippen LogP contribution is -2.45. The number of amides is 2. The van der Waals surface area contributed by atoms with Crippen LogP contribution in [0.15, 0.2) is 0 Å². The maximum atomic E-state index is 11.8. The Morgan fingerprint density at radius 2 is 2.06 bits per heavy atom. The van der Waals surface area contributed by atoms with E-state index in [1.165, 1.54) is 11.8 Å². The van der Waals surface area contributed by atoms with Crippen LogP contribution in [0, 0.1) is 0 Å². The number of imide groups is 1. The molecule has 0 aromatic carbocycles. The molecule has 0 aromatic heterocycles. The highest BCUT2D eigenvalue weighted by Crippen LogP contribution is 2.12. The molecule has 5 heteroatoms. The van der Waals surface area contributed by atoms with Crippen LogP contribution in [-0.2, 0) is 9.53 Å². The summed E-state index contributed by atoms with van der Waals surface area (Å²) in [5.41, 5.74) is -0.576. The molecule has 1 atom stereocenters. The van der Waals surface area contributed by atoms with Crippen molar-refractivity contribution in [1.82, 2.24) is 10.2 Å². The van der Waals surface area contributed by atoms with Gasteiger partial charge in [-0.2, -0.15) is 0 Å². The Balaban J connectivity index is 2.58. The fraction of sp³-hybridized carbons (Fsp3) is 0.833. The van der Waals surface area contributed by atoms with Crippen molar-refractivity contribution in [2.24, 2.45) is 0 Å². The summed E-state index contributed by atoms with van der Waals surface area (Å²) in [4.78, 5) is 24.5. The van der Waals surface area contributed by atoms with Crippen LogP contribution in [0.1, 0.15) is 40.5 Å². The van der Waals surface area contributed by atoms with Crippen LogP contribution in [0.2, 0.25) is 0 Å². The van der Waals surface area contributed by atoms with Gasteiger partial charge in [-0.25, -0.2) is 9.69 Å². The smallest absolute Gasteiger partial charge is 0.417 e. The Kier molecular flexibility index (Phi) is 4.51. The van der Waals surface area contributed by atoms with Gasteiger partial charge < -0.3 is 10.1 Å². The van der Waals surface area contributed by atoms with Crippen molar-refractivity contribution in [3.8, 4) is 0 Å². The Morgan fingerprint density at radius 1 is 1.41 bits per heavy atom. The van der Waals surface area contributed by atoms with Gasteiger partial charge in [-0.1, -0.05) is 0 Å². The quantitative estimate of drug-likeness (QED) is 0.797. The number of carbonyl (C=O) groups is 2. The summed E-state index contributed by atoms with van der Waals surface area (Å²) in [6, 6.07) is 0.200. The molecule has 1 aliphatic rings. The fourth-order valence-electron chi connectivity index (χ4n) is 1.78. The van der Waals surface area contributed by atoms with E-state index >= 15 is 0 Å². The molecule has 1 fully saturated rings. The molecule has 1 heterocycles. The number of nitrogens with one attached hydrogen (secondary N) is 1. The first-order chi connectivity index (χ1) is 7.79. The van der Waals surface area contributed by atoms with E-state index in [1.807, 2.05) is 0 Å². The molecule has 0 unspecified atom stereocenters. The largest absolute Gasteiger partial charge is 0.443 e. The molecule has 1 N–H and O–H groups in total. The molecule has 1 saturated heterocycles. The predicted molar refractivity (Wildman–Crippen MR) is 64.6 cm³/mol. The third kappa shape index (κ3) is 4.73. The van der Waals surface area contributed by atoms with Crippen LogP contribution in [0.25, 0.3) is 0 Å². The summed E-state index contributed by atoms with van der Waals surface area (Å²) in [5, 5.41) is 3.26. The van der Waals surface area contributed by atoms with Crippen molar-refractivity contribution in [3.05, 3.63) is 0 Å². The van der Waals surface area contributed by atoms with Crippen molar-refractivity contribution in [2.75, 3.05) is 13.1 Å². The minimum atomic E-state index is -0.576. The van der Waals surface area contributed by atoms with Crippen molar-refractivity contribution >= 4 is 12.0 Å².